The Hall–Kier alpha value is -1.36. The van der Waals surface area contributed by atoms with Gasteiger partial charge < -0.3 is 10.2 Å². The minimum Gasteiger partial charge on any atom is -0.340 e. The molecule has 2 aliphatic rings. The van der Waals surface area contributed by atoms with Gasteiger partial charge in [0, 0.05) is 10.2 Å². The molecule has 2 amide bonds. The fourth-order valence-corrected chi connectivity index (χ4v) is 3.23. The largest absolute Gasteiger partial charge is 0.340 e. The summed E-state index contributed by atoms with van der Waals surface area (Å²) in [7, 11) is 0. The zero-order valence-corrected chi connectivity index (χ0v) is 13.2. The van der Waals surface area contributed by atoms with Gasteiger partial charge in [0.2, 0.25) is 5.91 Å². The highest BCUT2D eigenvalue weighted by Gasteiger charge is 2.52. The highest BCUT2D eigenvalue weighted by molar-refractivity contribution is 9.10. The van der Waals surface area contributed by atoms with Gasteiger partial charge in [-0.25, -0.2) is 0 Å². The van der Waals surface area contributed by atoms with Crippen LogP contribution < -0.4 is 10.2 Å². The minimum absolute atomic E-state index is 0.000741. The van der Waals surface area contributed by atoms with Crippen LogP contribution >= 0.6 is 15.9 Å². The van der Waals surface area contributed by atoms with Crippen LogP contribution in [0, 0.1) is 12.8 Å². The molecular weight excluding hydrogens is 320 g/mol. The van der Waals surface area contributed by atoms with Gasteiger partial charge in [0.05, 0.1) is 0 Å². The Balaban J connectivity index is 2.01. The summed E-state index contributed by atoms with van der Waals surface area (Å²) in [4.78, 5) is 26.5. The van der Waals surface area contributed by atoms with Crippen molar-refractivity contribution in [3.8, 4) is 0 Å². The number of hydrogen-bond acceptors (Lipinski definition) is 2. The first-order valence-electron chi connectivity index (χ1n) is 6.81. The van der Waals surface area contributed by atoms with Crippen LogP contribution in [0.5, 0.6) is 0 Å². The first kappa shape index (κ1) is 13.6. The summed E-state index contributed by atoms with van der Waals surface area (Å²) in [6.07, 6.45) is 2.02. The summed E-state index contributed by atoms with van der Waals surface area (Å²) in [5.41, 5.74) is 1.06. The molecule has 2 fully saturated rings. The van der Waals surface area contributed by atoms with Gasteiger partial charge in [0.15, 0.2) is 0 Å². The van der Waals surface area contributed by atoms with Crippen molar-refractivity contribution in [2.75, 3.05) is 11.4 Å². The number of nitrogens with one attached hydrogen (secondary N) is 1. The van der Waals surface area contributed by atoms with Gasteiger partial charge >= 0.3 is 0 Å². The Bertz CT molecular complexity index is 598. The number of nitrogens with zero attached hydrogens (tertiary/aromatic N) is 1. The molecule has 0 spiro atoms. The molecule has 1 aliphatic carbocycles. The molecule has 1 N–H and O–H groups in total. The Morgan fingerprint density at radius 2 is 2.05 bits per heavy atom. The number of aryl methyl sites for hydroxylation is 1. The SMILES string of the molecule is Cc1ccc(Br)cc1N1CC(=O)NC(C)(C2CC2)C1=O. The van der Waals surface area contributed by atoms with Crippen molar-refractivity contribution in [2.45, 2.75) is 32.2 Å². The number of rotatable bonds is 2. The number of piperazine rings is 1. The van der Waals surface area contributed by atoms with Gasteiger partial charge in [-0.3, -0.25) is 9.59 Å². The van der Waals surface area contributed by atoms with E-state index in [2.05, 4.69) is 21.2 Å². The summed E-state index contributed by atoms with van der Waals surface area (Å²) < 4.78 is 0.907. The van der Waals surface area contributed by atoms with Crippen molar-refractivity contribution in [1.82, 2.24) is 5.32 Å². The maximum atomic E-state index is 12.8. The molecule has 1 heterocycles. The van der Waals surface area contributed by atoms with Crippen LogP contribution in [-0.4, -0.2) is 23.9 Å². The van der Waals surface area contributed by atoms with Crippen LogP contribution in [0.25, 0.3) is 0 Å². The van der Waals surface area contributed by atoms with Crippen LogP contribution in [0.4, 0.5) is 5.69 Å². The summed E-state index contributed by atoms with van der Waals surface area (Å²) in [5, 5.41) is 2.90. The van der Waals surface area contributed by atoms with Gasteiger partial charge in [-0.1, -0.05) is 22.0 Å². The molecule has 1 unspecified atom stereocenters. The van der Waals surface area contributed by atoms with Gasteiger partial charge in [-0.2, -0.15) is 0 Å². The van der Waals surface area contributed by atoms with Crippen LogP contribution in [0.1, 0.15) is 25.3 Å². The van der Waals surface area contributed by atoms with Crippen LogP contribution in [0.15, 0.2) is 22.7 Å². The van der Waals surface area contributed by atoms with Gasteiger partial charge in [0.1, 0.15) is 12.1 Å². The maximum absolute atomic E-state index is 12.8. The van der Waals surface area contributed by atoms with Crippen molar-refractivity contribution in [2.24, 2.45) is 5.92 Å². The van der Waals surface area contributed by atoms with Crippen molar-refractivity contribution >= 4 is 33.4 Å². The molecule has 1 atom stereocenters. The highest BCUT2D eigenvalue weighted by Crippen LogP contribution is 2.42. The lowest BCUT2D eigenvalue weighted by Gasteiger charge is -2.40. The third-order valence-electron chi connectivity index (χ3n) is 4.25. The fourth-order valence-electron chi connectivity index (χ4n) is 2.88. The zero-order valence-electron chi connectivity index (χ0n) is 11.6. The zero-order chi connectivity index (χ0) is 14.5. The van der Waals surface area contributed by atoms with Crippen molar-refractivity contribution in [3.05, 3.63) is 28.2 Å². The molecule has 0 radical (unpaired) electrons. The minimum atomic E-state index is -0.746. The Labute approximate surface area is 126 Å². The molecule has 1 aromatic carbocycles. The van der Waals surface area contributed by atoms with Crippen LogP contribution in [0.2, 0.25) is 0 Å². The van der Waals surface area contributed by atoms with Crippen LogP contribution in [-0.2, 0) is 9.59 Å². The lowest BCUT2D eigenvalue weighted by atomic mass is 9.91. The van der Waals surface area contributed by atoms with Gasteiger partial charge in [-0.05, 0) is 50.3 Å². The topological polar surface area (TPSA) is 49.4 Å². The lowest BCUT2D eigenvalue weighted by molar-refractivity contribution is -0.136. The van der Waals surface area contributed by atoms with Crippen LogP contribution in [0.3, 0.4) is 0 Å². The normalized spacial score (nSPS) is 26.6. The average Bonchev–Trinajstić information content (AvgIpc) is 3.21. The van der Waals surface area contributed by atoms with E-state index >= 15 is 0 Å². The van der Waals surface area contributed by atoms with E-state index in [4.69, 9.17) is 0 Å². The summed E-state index contributed by atoms with van der Waals surface area (Å²) in [6, 6.07) is 5.79. The summed E-state index contributed by atoms with van der Waals surface area (Å²) in [5.74, 6) is 0.188. The molecule has 1 saturated heterocycles. The lowest BCUT2D eigenvalue weighted by Crippen LogP contribution is -2.66. The van der Waals surface area contributed by atoms with E-state index in [-0.39, 0.29) is 24.3 Å². The molecule has 4 nitrogen and oxygen atoms in total. The quantitative estimate of drug-likeness (QED) is 0.901. The molecule has 20 heavy (non-hydrogen) atoms. The molecule has 3 rings (SSSR count). The number of carbonyl (C=O) groups excluding carboxylic acids is 2. The van der Waals surface area contributed by atoms with E-state index in [9.17, 15) is 9.59 Å². The number of halogens is 1. The van der Waals surface area contributed by atoms with Gasteiger partial charge in [-0.15, -0.1) is 0 Å². The van der Waals surface area contributed by atoms with E-state index < -0.39 is 5.54 Å². The van der Waals surface area contributed by atoms with E-state index in [0.29, 0.717) is 0 Å². The highest BCUT2D eigenvalue weighted by atomic mass is 79.9. The molecule has 5 heteroatoms. The Morgan fingerprint density at radius 1 is 1.35 bits per heavy atom. The van der Waals surface area contributed by atoms with E-state index in [1.165, 1.54) is 0 Å². The van der Waals surface area contributed by atoms with Gasteiger partial charge in [0.25, 0.3) is 5.91 Å². The Morgan fingerprint density at radius 3 is 2.70 bits per heavy atom. The number of carbonyl (C=O) groups is 2. The van der Waals surface area contributed by atoms with Crippen molar-refractivity contribution < 1.29 is 9.59 Å². The first-order valence-corrected chi connectivity index (χ1v) is 7.60. The van der Waals surface area contributed by atoms with Crippen molar-refractivity contribution in [1.29, 1.82) is 0 Å². The molecule has 106 valence electrons. The third kappa shape index (κ3) is 2.14. The van der Waals surface area contributed by atoms with E-state index in [1.807, 2.05) is 32.0 Å². The molecule has 0 bridgehead atoms. The molecule has 0 aromatic heterocycles. The molecule has 1 aromatic rings. The predicted octanol–water partition coefficient (Wildman–Crippen LogP) is 2.39. The molecular formula is C15H17BrN2O2. The smallest absolute Gasteiger partial charge is 0.253 e. The maximum Gasteiger partial charge on any atom is 0.253 e. The number of anilines is 1. The average molecular weight is 337 g/mol. The number of benzene rings is 1. The fraction of sp³-hybridized carbons (Fsp3) is 0.467. The first-order chi connectivity index (χ1) is 9.41. The van der Waals surface area contributed by atoms with Crippen molar-refractivity contribution in [3.63, 3.8) is 0 Å². The second-order valence-electron chi connectivity index (χ2n) is 5.85. The summed E-state index contributed by atoms with van der Waals surface area (Å²) in [6.45, 7) is 3.90. The van der Waals surface area contributed by atoms with E-state index in [1.54, 1.807) is 4.90 Å². The second-order valence-corrected chi connectivity index (χ2v) is 6.76. The standard InChI is InChI=1S/C15H17BrN2O2/c1-9-3-6-11(16)7-12(9)18-8-13(19)17-15(2,14(18)20)10-4-5-10/h3,6-7,10H,4-5,8H2,1-2H3,(H,17,19). The number of hydrogen-bond donors (Lipinski definition) is 1. The number of amides is 2. The molecule has 1 saturated carbocycles. The molecule has 1 aliphatic heterocycles. The Kier molecular flexibility index (Phi) is 3.12. The third-order valence-corrected chi connectivity index (χ3v) is 4.74. The van der Waals surface area contributed by atoms with E-state index in [0.717, 1.165) is 28.6 Å². The second kappa shape index (κ2) is 4.58. The monoisotopic (exact) mass is 336 g/mol. The predicted molar refractivity (Wildman–Crippen MR) is 80.5 cm³/mol. The summed E-state index contributed by atoms with van der Waals surface area (Å²) >= 11 is 3.43.